The molecule has 0 aliphatic heterocycles. The highest BCUT2D eigenvalue weighted by molar-refractivity contribution is 5.87. The number of aromatic hydroxyl groups is 1. The van der Waals surface area contributed by atoms with Gasteiger partial charge in [-0.15, -0.1) is 0 Å². The second-order valence-electron chi connectivity index (χ2n) is 4.00. The Hall–Kier alpha value is -3.29. The van der Waals surface area contributed by atoms with Gasteiger partial charge in [-0.3, -0.25) is 20.2 Å². The molecule has 0 unspecified atom stereocenters. The number of nitrogens with zero attached hydrogens (tertiary/aromatic N) is 3. The van der Waals surface area contributed by atoms with Crippen LogP contribution >= 0.6 is 0 Å². The highest BCUT2D eigenvalue weighted by Gasteiger charge is 2.12. The Morgan fingerprint density at radius 3 is 2.43 bits per heavy atom. The SMILES string of the molecule is O=[N+]([O-])c1ccc(O)c(C=Nc2ccccc2[N+](=O)[O-])c1. The molecule has 0 amide bonds. The first-order chi connectivity index (χ1) is 9.99. The predicted molar refractivity (Wildman–Crippen MR) is 75.1 cm³/mol. The van der Waals surface area contributed by atoms with E-state index in [2.05, 4.69) is 4.99 Å². The molecule has 2 aromatic carbocycles. The van der Waals surface area contributed by atoms with Crippen LogP contribution < -0.4 is 0 Å². The second-order valence-corrected chi connectivity index (χ2v) is 4.00. The topological polar surface area (TPSA) is 119 Å². The summed E-state index contributed by atoms with van der Waals surface area (Å²) in [5.74, 6) is -0.206. The molecular formula is C13H9N3O5. The molecule has 0 atom stereocenters. The van der Waals surface area contributed by atoms with Gasteiger partial charge in [0.1, 0.15) is 11.4 Å². The van der Waals surface area contributed by atoms with Gasteiger partial charge in [0.15, 0.2) is 0 Å². The van der Waals surface area contributed by atoms with E-state index in [0.717, 1.165) is 18.3 Å². The van der Waals surface area contributed by atoms with E-state index >= 15 is 0 Å². The van der Waals surface area contributed by atoms with Crippen molar-refractivity contribution in [1.82, 2.24) is 0 Å². The quantitative estimate of drug-likeness (QED) is 0.526. The third-order valence-electron chi connectivity index (χ3n) is 2.64. The first-order valence-corrected chi connectivity index (χ1v) is 5.74. The van der Waals surface area contributed by atoms with Crippen LogP contribution in [0, 0.1) is 20.2 Å². The van der Waals surface area contributed by atoms with Gasteiger partial charge in [-0.05, 0) is 12.1 Å². The summed E-state index contributed by atoms with van der Waals surface area (Å²) < 4.78 is 0. The zero-order valence-electron chi connectivity index (χ0n) is 10.5. The molecule has 0 aliphatic rings. The number of para-hydroxylation sites is 2. The second kappa shape index (κ2) is 5.78. The smallest absolute Gasteiger partial charge is 0.294 e. The maximum atomic E-state index is 10.8. The number of rotatable bonds is 4. The van der Waals surface area contributed by atoms with Crippen LogP contribution in [0.15, 0.2) is 47.5 Å². The largest absolute Gasteiger partial charge is 0.507 e. The number of nitro groups is 2. The third-order valence-corrected chi connectivity index (χ3v) is 2.64. The molecule has 106 valence electrons. The predicted octanol–water partition coefficient (Wildman–Crippen LogP) is 2.96. The van der Waals surface area contributed by atoms with Crippen molar-refractivity contribution in [1.29, 1.82) is 0 Å². The summed E-state index contributed by atoms with van der Waals surface area (Å²) in [7, 11) is 0. The number of nitro benzene ring substituents is 2. The number of benzene rings is 2. The molecule has 0 aliphatic carbocycles. The molecule has 1 N–H and O–H groups in total. The lowest BCUT2D eigenvalue weighted by molar-refractivity contribution is -0.384. The molecule has 0 aromatic heterocycles. The van der Waals surface area contributed by atoms with Crippen LogP contribution in [0.4, 0.5) is 17.1 Å². The first-order valence-electron chi connectivity index (χ1n) is 5.74. The average Bonchev–Trinajstić information content (AvgIpc) is 2.46. The van der Waals surface area contributed by atoms with E-state index in [1.165, 1.54) is 24.3 Å². The van der Waals surface area contributed by atoms with Gasteiger partial charge in [0, 0.05) is 30.0 Å². The maximum Gasteiger partial charge on any atom is 0.294 e. The van der Waals surface area contributed by atoms with Crippen LogP contribution in [-0.4, -0.2) is 21.2 Å². The lowest BCUT2D eigenvalue weighted by atomic mass is 10.2. The van der Waals surface area contributed by atoms with Crippen LogP contribution in [0.2, 0.25) is 0 Å². The van der Waals surface area contributed by atoms with Crippen molar-refractivity contribution in [2.45, 2.75) is 0 Å². The molecule has 2 aromatic rings. The minimum absolute atomic E-state index is 0.0911. The Labute approximate surface area is 118 Å². The zero-order valence-corrected chi connectivity index (χ0v) is 10.5. The third kappa shape index (κ3) is 3.18. The summed E-state index contributed by atoms with van der Waals surface area (Å²) in [6.07, 6.45) is 1.14. The molecule has 0 saturated heterocycles. The van der Waals surface area contributed by atoms with Crippen molar-refractivity contribution in [2.24, 2.45) is 4.99 Å². The summed E-state index contributed by atoms with van der Waals surface area (Å²) in [6, 6.07) is 9.25. The van der Waals surface area contributed by atoms with E-state index in [4.69, 9.17) is 0 Å². The van der Waals surface area contributed by atoms with Crippen LogP contribution in [-0.2, 0) is 0 Å². The fourth-order valence-corrected chi connectivity index (χ4v) is 1.63. The Morgan fingerprint density at radius 1 is 1.05 bits per heavy atom. The minimum Gasteiger partial charge on any atom is -0.507 e. The van der Waals surface area contributed by atoms with Gasteiger partial charge in [0.05, 0.1) is 9.85 Å². The summed E-state index contributed by atoms with van der Waals surface area (Å²) in [5.41, 5.74) is -0.216. The average molecular weight is 287 g/mol. The molecule has 0 spiro atoms. The van der Waals surface area contributed by atoms with Gasteiger partial charge in [0.2, 0.25) is 0 Å². The normalized spacial score (nSPS) is 10.7. The van der Waals surface area contributed by atoms with Gasteiger partial charge in [-0.25, -0.2) is 4.99 Å². The number of hydrogen-bond acceptors (Lipinski definition) is 6. The van der Waals surface area contributed by atoms with E-state index in [9.17, 15) is 25.3 Å². The number of hydrogen-bond donors (Lipinski definition) is 1. The monoisotopic (exact) mass is 287 g/mol. The molecule has 0 fully saturated rings. The van der Waals surface area contributed by atoms with Crippen molar-refractivity contribution >= 4 is 23.3 Å². The van der Waals surface area contributed by atoms with E-state index in [1.54, 1.807) is 6.07 Å². The van der Waals surface area contributed by atoms with Crippen molar-refractivity contribution in [3.05, 3.63) is 68.3 Å². The molecule has 8 nitrogen and oxygen atoms in total. The van der Waals surface area contributed by atoms with Crippen LogP contribution in [0.5, 0.6) is 5.75 Å². The number of aliphatic imine (C=N–C) groups is 1. The molecule has 0 radical (unpaired) electrons. The maximum absolute atomic E-state index is 10.8. The molecule has 8 heteroatoms. The van der Waals surface area contributed by atoms with Crippen molar-refractivity contribution < 1.29 is 15.0 Å². The Kier molecular flexibility index (Phi) is 3.89. The lowest BCUT2D eigenvalue weighted by Crippen LogP contribution is -1.91. The summed E-state index contributed by atoms with van der Waals surface area (Å²) in [5, 5.41) is 31.1. The van der Waals surface area contributed by atoms with E-state index < -0.39 is 9.85 Å². The van der Waals surface area contributed by atoms with Crippen molar-refractivity contribution in [3.8, 4) is 5.75 Å². The van der Waals surface area contributed by atoms with E-state index in [1.807, 2.05) is 0 Å². The molecule has 0 heterocycles. The van der Waals surface area contributed by atoms with Gasteiger partial charge >= 0.3 is 0 Å². The minimum atomic E-state index is -0.609. The number of phenols is 1. The zero-order chi connectivity index (χ0) is 15.4. The molecule has 2 rings (SSSR count). The molecule has 0 bridgehead atoms. The van der Waals surface area contributed by atoms with Crippen molar-refractivity contribution in [2.75, 3.05) is 0 Å². The fourth-order valence-electron chi connectivity index (χ4n) is 1.63. The highest BCUT2D eigenvalue weighted by atomic mass is 16.6. The number of phenolic OH excluding ortho intramolecular Hbond substituents is 1. The van der Waals surface area contributed by atoms with Gasteiger partial charge in [-0.2, -0.15) is 0 Å². The molecule has 21 heavy (non-hydrogen) atoms. The summed E-state index contributed by atoms with van der Waals surface area (Å²) in [4.78, 5) is 24.2. The standard InChI is InChI=1S/C13H9N3O5/c17-13-6-5-10(15(18)19)7-9(13)8-14-11-3-1-2-4-12(11)16(20)21/h1-8,17H. The van der Waals surface area contributed by atoms with Crippen molar-refractivity contribution in [3.63, 3.8) is 0 Å². The fraction of sp³-hybridized carbons (Fsp3) is 0. The van der Waals surface area contributed by atoms with E-state index in [0.29, 0.717) is 0 Å². The Bertz CT molecular complexity index is 742. The Morgan fingerprint density at radius 2 is 1.76 bits per heavy atom. The highest BCUT2D eigenvalue weighted by Crippen LogP contribution is 2.27. The molecule has 0 saturated carbocycles. The van der Waals surface area contributed by atoms with Crippen LogP contribution in [0.25, 0.3) is 0 Å². The summed E-state index contributed by atoms with van der Waals surface area (Å²) >= 11 is 0. The van der Waals surface area contributed by atoms with Crippen LogP contribution in [0.1, 0.15) is 5.56 Å². The van der Waals surface area contributed by atoms with Gasteiger partial charge < -0.3 is 5.11 Å². The van der Waals surface area contributed by atoms with Gasteiger partial charge in [0.25, 0.3) is 11.4 Å². The first kappa shape index (κ1) is 14.1. The van der Waals surface area contributed by atoms with Gasteiger partial charge in [-0.1, -0.05) is 12.1 Å². The lowest BCUT2D eigenvalue weighted by Gasteiger charge is -1.99. The Balaban J connectivity index is 2.40. The van der Waals surface area contributed by atoms with Crippen LogP contribution in [0.3, 0.4) is 0 Å². The number of non-ortho nitro benzene ring substituents is 1. The summed E-state index contributed by atoms with van der Waals surface area (Å²) in [6.45, 7) is 0. The molecular weight excluding hydrogens is 278 g/mol. The van der Waals surface area contributed by atoms with E-state index in [-0.39, 0.29) is 28.4 Å².